The van der Waals surface area contributed by atoms with E-state index in [1.54, 1.807) is 37.7 Å². The zero-order chi connectivity index (χ0) is 19.3. The minimum absolute atomic E-state index is 0. The molecule has 26 heavy (non-hydrogen) atoms. The van der Waals surface area contributed by atoms with Crippen LogP contribution < -0.4 is 0 Å². The first-order chi connectivity index (χ1) is 12.7. The lowest BCUT2D eigenvalue weighted by Gasteiger charge is -2.25. The second-order valence-electron chi connectivity index (χ2n) is 9.09. The molecule has 0 aromatic carbocycles. The van der Waals surface area contributed by atoms with Gasteiger partial charge in [-0.2, -0.15) is 0 Å². The van der Waals surface area contributed by atoms with Gasteiger partial charge in [-0.25, -0.2) is 0 Å². The fourth-order valence-electron chi connectivity index (χ4n) is 4.16. The van der Waals surface area contributed by atoms with Crippen LogP contribution in [-0.2, 0) is 0 Å². The summed E-state index contributed by atoms with van der Waals surface area (Å²) in [4.78, 5) is 0. The molecule has 0 N–H and O–H groups in total. The van der Waals surface area contributed by atoms with Gasteiger partial charge in [-0.05, 0) is 45.3 Å². The molecule has 0 unspecified atom stereocenters. The third-order valence-electron chi connectivity index (χ3n) is 6.15. The Kier molecular flexibility index (Phi) is 20.9. The van der Waals surface area contributed by atoms with Crippen molar-refractivity contribution in [1.82, 2.24) is 0 Å². The van der Waals surface area contributed by atoms with Crippen LogP contribution in [0.15, 0.2) is 0 Å². The molecule has 0 aromatic heterocycles. The maximum Gasteiger partial charge on any atom is 1.00 e. The molecule has 2 heteroatoms. The zero-order valence-electron chi connectivity index (χ0n) is 20.3. The van der Waals surface area contributed by atoms with E-state index < -0.39 is 6.81 Å². The average Bonchev–Trinajstić information content (AvgIpc) is 2.64. The van der Waals surface area contributed by atoms with Gasteiger partial charge in [0.2, 0.25) is 0 Å². The van der Waals surface area contributed by atoms with Gasteiger partial charge in [-0.15, -0.1) is 0 Å². The smallest absolute Gasteiger partial charge is 0.0654 e. The molecule has 0 atom stereocenters. The Morgan fingerprint density at radius 1 is 0.423 bits per heavy atom. The summed E-state index contributed by atoms with van der Waals surface area (Å²) >= 11 is 0. The topological polar surface area (TPSA) is 0 Å². The van der Waals surface area contributed by atoms with Gasteiger partial charge in [0.1, 0.15) is 0 Å². The third-order valence-corrected chi connectivity index (χ3v) is 14.4. The lowest BCUT2D eigenvalue weighted by atomic mass is 10.1. The van der Waals surface area contributed by atoms with E-state index in [1.807, 2.05) is 0 Å². The standard InChI is InChI=1S/C24H54PSi/c1-4-7-10-13-16-19-22-25(26,23-20-17-14-11-8-5-2)24-21-18-15-12-9-6-3/h4-24H2,1-3,26H3/q+1/p+1. The van der Waals surface area contributed by atoms with E-state index >= 15 is 0 Å². The quantitative estimate of drug-likeness (QED) is 0.103. The van der Waals surface area contributed by atoms with E-state index in [0.717, 1.165) is 0 Å². The molecule has 0 fully saturated rings. The molecule has 0 rings (SSSR count). The Hall–Kier alpha value is 0.647. The fourth-order valence-corrected chi connectivity index (χ4v) is 10.6. The van der Waals surface area contributed by atoms with E-state index in [1.165, 1.54) is 106 Å². The number of unbranched alkanes of at least 4 members (excludes halogenated alkanes) is 15. The highest BCUT2D eigenvalue weighted by Crippen LogP contribution is 2.56. The normalized spacial score (nSPS) is 12.1. The first-order valence-corrected chi connectivity index (χ1v) is 18.0. The van der Waals surface area contributed by atoms with Gasteiger partial charge in [0, 0.05) is 18.5 Å². The minimum atomic E-state index is -0.497. The minimum Gasteiger partial charge on any atom is -0.0654 e. The van der Waals surface area contributed by atoms with Crippen molar-refractivity contribution < 1.29 is 1.43 Å². The summed E-state index contributed by atoms with van der Waals surface area (Å²) in [6.45, 7) is 6.49. The Bertz CT molecular complexity index is 232. The van der Waals surface area contributed by atoms with Crippen LogP contribution in [0.1, 0.15) is 138 Å². The predicted molar refractivity (Wildman–Crippen MR) is 133 cm³/mol. The molecule has 0 nitrogen and oxygen atoms in total. The zero-order valence-corrected chi connectivity index (χ0v) is 22.2. The second-order valence-corrected chi connectivity index (χ2v) is 19.4. The maximum absolute atomic E-state index is 2.33. The lowest BCUT2D eigenvalue weighted by Crippen LogP contribution is -2.09. The number of rotatable bonds is 21. The van der Waals surface area contributed by atoms with Gasteiger partial charge in [0.25, 0.3) is 0 Å². The predicted octanol–water partition coefficient (Wildman–Crippen LogP) is 8.48. The summed E-state index contributed by atoms with van der Waals surface area (Å²) in [7, 11) is 1.54. The van der Waals surface area contributed by atoms with Gasteiger partial charge < -0.3 is 0 Å². The van der Waals surface area contributed by atoms with Crippen molar-refractivity contribution in [3.63, 3.8) is 0 Å². The van der Waals surface area contributed by atoms with Crippen molar-refractivity contribution in [2.45, 2.75) is 136 Å². The second kappa shape index (κ2) is 20.4. The SMILES string of the molecule is CCCCCCCC[P+]([SiH3])(CCCCCCCC)CCCCCCCC.[H+]. The van der Waals surface area contributed by atoms with Crippen LogP contribution in [0.5, 0.6) is 0 Å². The fraction of sp³-hybridized carbons (Fsp3) is 1.00. The summed E-state index contributed by atoms with van der Waals surface area (Å²) in [5, 5.41) is 0. The number of hydrogen-bond donors (Lipinski definition) is 0. The Balaban J connectivity index is 0. The van der Waals surface area contributed by atoms with Crippen LogP contribution in [0.25, 0.3) is 0 Å². The van der Waals surface area contributed by atoms with Gasteiger partial charge in [-0.3, -0.25) is 0 Å². The van der Waals surface area contributed by atoms with Gasteiger partial charge in [-0.1, -0.05) is 97.8 Å². The molecule has 0 radical (unpaired) electrons. The highest BCUT2D eigenvalue weighted by Gasteiger charge is 2.28. The van der Waals surface area contributed by atoms with Crippen LogP contribution in [0.4, 0.5) is 0 Å². The Morgan fingerprint density at radius 3 is 0.923 bits per heavy atom. The van der Waals surface area contributed by atoms with Crippen molar-refractivity contribution in [3.05, 3.63) is 0 Å². The molecule has 0 spiro atoms. The highest BCUT2D eigenvalue weighted by molar-refractivity contribution is 7.97. The first-order valence-electron chi connectivity index (χ1n) is 12.5. The molecule has 158 valence electrons. The monoisotopic (exact) mass is 402 g/mol. The molecule has 0 amide bonds. The van der Waals surface area contributed by atoms with E-state index in [-0.39, 0.29) is 1.43 Å². The molecular formula is C24H55PSi+2. The molecule has 0 saturated carbocycles. The molecule has 0 aliphatic rings. The van der Waals surface area contributed by atoms with Gasteiger partial charge in [0.15, 0.2) is 9.91 Å². The van der Waals surface area contributed by atoms with Gasteiger partial charge >= 0.3 is 1.43 Å². The van der Waals surface area contributed by atoms with E-state index in [2.05, 4.69) is 20.8 Å². The van der Waals surface area contributed by atoms with Crippen molar-refractivity contribution in [2.75, 3.05) is 18.5 Å². The van der Waals surface area contributed by atoms with Crippen molar-refractivity contribution in [2.24, 2.45) is 0 Å². The third kappa shape index (κ3) is 18.0. The van der Waals surface area contributed by atoms with Crippen molar-refractivity contribution >= 4 is 16.7 Å². The molecule has 0 aromatic rings. The van der Waals surface area contributed by atoms with Crippen LogP contribution in [-0.4, -0.2) is 28.4 Å². The van der Waals surface area contributed by atoms with Crippen LogP contribution in [0.2, 0.25) is 0 Å². The summed E-state index contributed by atoms with van der Waals surface area (Å²) in [6, 6.07) is 0. The maximum atomic E-state index is 2.33. The molecule has 0 aliphatic heterocycles. The van der Waals surface area contributed by atoms with Crippen molar-refractivity contribution in [1.29, 1.82) is 0 Å². The Labute approximate surface area is 173 Å². The molecule has 0 aliphatic carbocycles. The Morgan fingerprint density at radius 2 is 0.654 bits per heavy atom. The van der Waals surface area contributed by atoms with E-state index in [0.29, 0.717) is 0 Å². The molecular weight excluding hydrogens is 347 g/mol. The van der Waals surface area contributed by atoms with Crippen LogP contribution in [0.3, 0.4) is 0 Å². The summed E-state index contributed by atoms with van der Waals surface area (Å²) in [6.07, 6.45) is 31.7. The van der Waals surface area contributed by atoms with Crippen molar-refractivity contribution in [3.8, 4) is 0 Å². The van der Waals surface area contributed by atoms with Gasteiger partial charge in [0.05, 0.1) is 0 Å². The number of hydrogen-bond acceptors (Lipinski definition) is 0. The summed E-state index contributed by atoms with van der Waals surface area (Å²) in [5.74, 6) is 0. The lowest BCUT2D eigenvalue weighted by molar-refractivity contribution is 0.617. The van der Waals surface area contributed by atoms with Crippen LogP contribution in [0, 0.1) is 0 Å². The average molecular weight is 403 g/mol. The highest BCUT2D eigenvalue weighted by atomic mass is 31.4. The first kappa shape index (κ1) is 26.6. The summed E-state index contributed by atoms with van der Waals surface area (Å²) < 4.78 is 0. The molecule has 0 heterocycles. The largest absolute Gasteiger partial charge is 1.00 e. The summed E-state index contributed by atoms with van der Waals surface area (Å²) in [5.41, 5.74) is 0. The molecule has 0 bridgehead atoms. The van der Waals surface area contributed by atoms with E-state index in [9.17, 15) is 0 Å². The molecule has 0 saturated heterocycles. The van der Waals surface area contributed by atoms with Crippen LogP contribution >= 0.6 is 6.81 Å². The van der Waals surface area contributed by atoms with E-state index in [4.69, 9.17) is 0 Å².